The van der Waals surface area contributed by atoms with Crippen LogP contribution in [-0.2, 0) is 22.4 Å². The molecule has 19 heavy (non-hydrogen) atoms. The number of rotatable bonds is 5. The molecule has 2 heterocycles. The Labute approximate surface area is 121 Å². The molecule has 0 aromatic carbocycles. The normalized spacial score (nSPS) is 11.9. The first-order chi connectivity index (χ1) is 9.04. The third kappa shape index (κ3) is 3.33. The second-order valence-electron chi connectivity index (χ2n) is 4.02. The lowest BCUT2D eigenvalue weighted by atomic mass is 10.3. The van der Waals surface area contributed by atoms with E-state index in [-0.39, 0.29) is 0 Å². The van der Waals surface area contributed by atoms with Gasteiger partial charge in [-0.15, -0.1) is 22.9 Å². The van der Waals surface area contributed by atoms with E-state index in [0.29, 0.717) is 16.6 Å². The molecule has 0 radical (unpaired) electrons. The maximum absolute atomic E-state index is 12.3. The van der Waals surface area contributed by atoms with Crippen molar-refractivity contribution in [2.75, 3.05) is 7.05 Å². The van der Waals surface area contributed by atoms with Crippen molar-refractivity contribution in [1.82, 2.24) is 9.29 Å². The van der Waals surface area contributed by atoms with Gasteiger partial charge in [0, 0.05) is 31.9 Å². The largest absolute Gasteiger partial charge is 0.265 e. The van der Waals surface area contributed by atoms with Gasteiger partial charge in [-0.2, -0.15) is 4.31 Å². The summed E-state index contributed by atoms with van der Waals surface area (Å²) in [5.41, 5.74) is 1.72. The summed E-state index contributed by atoms with van der Waals surface area (Å²) in [6.45, 7) is 0.318. The minimum Gasteiger partial charge on any atom is -0.265 e. The molecule has 0 amide bonds. The van der Waals surface area contributed by atoms with E-state index in [9.17, 15) is 8.42 Å². The predicted octanol–water partition coefficient (Wildman–Crippen LogP) is 2.70. The van der Waals surface area contributed by atoms with Crippen LogP contribution in [0.1, 0.15) is 11.1 Å². The molecule has 0 unspecified atom stereocenters. The molecule has 0 atom stereocenters. The number of alkyl halides is 1. The van der Waals surface area contributed by atoms with Gasteiger partial charge in [0.05, 0.1) is 0 Å². The van der Waals surface area contributed by atoms with Crippen LogP contribution in [0, 0.1) is 0 Å². The number of sulfonamides is 1. The molecule has 0 aliphatic carbocycles. The monoisotopic (exact) mass is 316 g/mol. The highest BCUT2D eigenvalue weighted by molar-refractivity contribution is 7.91. The molecule has 4 nitrogen and oxygen atoms in total. The number of pyridine rings is 1. The van der Waals surface area contributed by atoms with Crippen molar-refractivity contribution in [2.24, 2.45) is 0 Å². The number of hydrogen-bond acceptors (Lipinski definition) is 4. The van der Waals surface area contributed by atoms with Gasteiger partial charge in [0.15, 0.2) is 0 Å². The fraction of sp³-hybridized carbons (Fsp3) is 0.250. The van der Waals surface area contributed by atoms with Crippen LogP contribution in [0.25, 0.3) is 0 Å². The lowest BCUT2D eigenvalue weighted by Crippen LogP contribution is -2.25. The summed E-state index contributed by atoms with van der Waals surface area (Å²) >= 11 is 6.88. The van der Waals surface area contributed by atoms with Crippen molar-refractivity contribution < 1.29 is 8.42 Å². The zero-order valence-corrected chi connectivity index (χ0v) is 12.7. The number of halogens is 1. The molecular formula is C12H13ClN2O2S2. The maximum Gasteiger partial charge on any atom is 0.252 e. The van der Waals surface area contributed by atoms with E-state index in [1.165, 1.54) is 15.6 Å². The van der Waals surface area contributed by atoms with Crippen LogP contribution >= 0.6 is 22.9 Å². The Morgan fingerprint density at radius 1 is 1.32 bits per heavy atom. The summed E-state index contributed by atoms with van der Waals surface area (Å²) in [4.78, 5) is 3.91. The molecule has 2 rings (SSSR count). The van der Waals surface area contributed by atoms with Gasteiger partial charge >= 0.3 is 0 Å². The number of nitrogens with zero attached hydrogens (tertiary/aromatic N) is 2. The lowest BCUT2D eigenvalue weighted by Gasteiger charge is -2.15. The van der Waals surface area contributed by atoms with Gasteiger partial charge in [0.2, 0.25) is 0 Å². The highest BCUT2D eigenvalue weighted by atomic mass is 35.5. The molecular weight excluding hydrogens is 304 g/mol. The Bertz CT molecular complexity index is 641. The van der Waals surface area contributed by atoms with E-state index in [1.807, 2.05) is 0 Å². The molecule has 2 aromatic rings. The van der Waals surface area contributed by atoms with Gasteiger partial charge in [-0.05, 0) is 34.7 Å². The third-order valence-corrected chi connectivity index (χ3v) is 6.18. The Morgan fingerprint density at radius 3 is 2.58 bits per heavy atom. The quantitative estimate of drug-likeness (QED) is 0.797. The van der Waals surface area contributed by atoms with Crippen LogP contribution in [0.15, 0.2) is 40.2 Å². The molecule has 7 heteroatoms. The van der Waals surface area contributed by atoms with E-state index in [1.54, 1.807) is 43.0 Å². The second kappa shape index (κ2) is 6.00. The van der Waals surface area contributed by atoms with E-state index >= 15 is 0 Å². The standard InChI is InChI=1S/C12H13ClN2O2S2/c1-15(8-10-2-4-14-5-3-10)19(16,17)12-6-11(7-13)9-18-12/h2-6,9H,7-8H2,1H3. The Morgan fingerprint density at radius 2 is 2.00 bits per heavy atom. The van der Waals surface area contributed by atoms with Gasteiger partial charge in [-0.3, -0.25) is 4.98 Å². The molecule has 0 saturated heterocycles. The zero-order valence-electron chi connectivity index (χ0n) is 10.3. The first-order valence-electron chi connectivity index (χ1n) is 5.52. The van der Waals surface area contributed by atoms with Crippen molar-refractivity contribution in [3.8, 4) is 0 Å². The third-order valence-electron chi connectivity index (χ3n) is 2.60. The van der Waals surface area contributed by atoms with E-state index in [4.69, 9.17) is 11.6 Å². The topological polar surface area (TPSA) is 50.3 Å². The van der Waals surface area contributed by atoms with Gasteiger partial charge in [-0.25, -0.2) is 8.42 Å². The molecule has 2 aromatic heterocycles. The van der Waals surface area contributed by atoms with Gasteiger partial charge in [0.25, 0.3) is 10.0 Å². The van der Waals surface area contributed by atoms with E-state index in [0.717, 1.165) is 11.1 Å². The van der Waals surface area contributed by atoms with Crippen LogP contribution in [-0.4, -0.2) is 24.8 Å². The highest BCUT2D eigenvalue weighted by Gasteiger charge is 2.22. The van der Waals surface area contributed by atoms with Crippen LogP contribution in [0.4, 0.5) is 0 Å². The maximum atomic E-state index is 12.3. The first-order valence-corrected chi connectivity index (χ1v) is 8.38. The fourth-order valence-electron chi connectivity index (χ4n) is 1.54. The average molecular weight is 317 g/mol. The molecule has 0 bridgehead atoms. The molecule has 0 N–H and O–H groups in total. The summed E-state index contributed by atoms with van der Waals surface area (Å²) in [6, 6.07) is 5.21. The number of thiophene rings is 1. The van der Waals surface area contributed by atoms with E-state index in [2.05, 4.69) is 4.98 Å². The molecule has 0 aliphatic heterocycles. The van der Waals surface area contributed by atoms with E-state index < -0.39 is 10.0 Å². The van der Waals surface area contributed by atoms with Crippen LogP contribution < -0.4 is 0 Å². The van der Waals surface area contributed by atoms with Crippen molar-refractivity contribution in [2.45, 2.75) is 16.6 Å². The molecule has 102 valence electrons. The smallest absolute Gasteiger partial charge is 0.252 e. The Hall–Kier alpha value is -0.950. The number of hydrogen-bond donors (Lipinski definition) is 0. The number of aromatic nitrogens is 1. The Kier molecular flexibility index (Phi) is 4.57. The lowest BCUT2D eigenvalue weighted by molar-refractivity contribution is 0.468. The Balaban J connectivity index is 2.19. The van der Waals surface area contributed by atoms with Crippen LogP contribution in [0.3, 0.4) is 0 Å². The fourth-order valence-corrected chi connectivity index (χ4v) is 4.37. The predicted molar refractivity (Wildman–Crippen MR) is 76.8 cm³/mol. The van der Waals surface area contributed by atoms with Crippen LogP contribution in [0.2, 0.25) is 0 Å². The summed E-state index contributed by atoms with van der Waals surface area (Å²) in [5, 5.41) is 1.76. The van der Waals surface area contributed by atoms with Crippen molar-refractivity contribution in [1.29, 1.82) is 0 Å². The minimum atomic E-state index is -3.45. The summed E-state index contributed by atoms with van der Waals surface area (Å²) in [6.07, 6.45) is 3.29. The SMILES string of the molecule is CN(Cc1ccncc1)S(=O)(=O)c1cc(CCl)cs1. The second-order valence-corrected chi connectivity index (χ2v) is 7.47. The first kappa shape index (κ1) is 14.5. The van der Waals surface area contributed by atoms with Crippen molar-refractivity contribution in [3.63, 3.8) is 0 Å². The van der Waals surface area contributed by atoms with Crippen molar-refractivity contribution >= 4 is 33.0 Å². The molecule has 0 aliphatic rings. The van der Waals surface area contributed by atoms with Gasteiger partial charge < -0.3 is 0 Å². The average Bonchev–Trinajstić information content (AvgIpc) is 2.89. The molecule has 0 fully saturated rings. The summed E-state index contributed by atoms with van der Waals surface area (Å²) < 4.78 is 26.3. The molecule has 0 saturated carbocycles. The summed E-state index contributed by atoms with van der Waals surface area (Å²) in [7, 11) is -1.89. The molecule has 0 spiro atoms. The minimum absolute atomic E-state index is 0.318. The highest BCUT2D eigenvalue weighted by Crippen LogP contribution is 2.25. The summed E-state index contributed by atoms with van der Waals surface area (Å²) in [5.74, 6) is 0.320. The van der Waals surface area contributed by atoms with Crippen LogP contribution in [0.5, 0.6) is 0 Å². The van der Waals surface area contributed by atoms with Gasteiger partial charge in [-0.1, -0.05) is 0 Å². The van der Waals surface area contributed by atoms with Crippen molar-refractivity contribution in [3.05, 3.63) is 47.1 Å². The zero-order chi connectivity index (χ0) is 13.9. The van der Waals surface area contributed by atoms with Gasteiger partial charge in [0.1, 0.15) is 4.21 Å².